The van der Waals surface area contributed by atoms with Crippen molar-refractivity contribution in [3.8, 4) is 11.5 Å². The second-order valence-electron chi connectivity index (χ2n) is 7.69. The molecule has 11 heteroatoms. The molecule has 35 heavy (non-hydrogen) atoms. The third-order valence-electron chi connectivity index (χ3n) is 5.11. The summed E-state index contributed by atoms with van der Waals surface area (Å²) in [4.78, 5) is 13.0. The van der Waals surface area contributed by atoms with E-state index in [-0.39, 0.29) is 22.4 Å². The lowest BCUT2D eigenvalue weighted by atomic mass is 10.2. The Labute approximate surface area is 209 Å². The maximum Gasteiger partial charge on any atom is 0.237 e. The lowest BCUT2D eigenvalue weighted by molar-refractivity contribution is -0.115. The number of amides is 1. The second kappa shape index (κ2) is 11.4. The molecular formula is C24H28N4O5S2. The quantitative estimate of drug-likeness (QED) is 0.302. The number of aryl methyl sites for hydroxylation is 1. The van der Waals surface area contributed by atoms with E-state index in [1.54, 1.807) is 60.0 Å². The van der Waals surface area contributed by atoms with Gasteiger partial charge in [-0.3, -0.25) is 4.79 Å². The van der Waals surface area contributed by atoms with E-state index in [4.69, 9.17) is 9.47 Å². The van der Waals surface area contributed by atoms with Crippen molar-refractivity contribution in [3.63, 3.8) is 0 Å². The highest BCUT2D eigenvalue weighted by Crippen LogP contribution is 2.31. The molecule has 2 aromatic carbocycles. The second-order valence-corrected chi connectivity index (χ2v) is 11.0. The SMILES string of the molecule is C=CCn1c(CS(=O)(=O)c2ccc(C)cc2)nnc1SC(C)C(=O)Nc1ccc(OC)c(OC)c1. The van der Waals surface area contributed by atoms with Gasteiger partial charge in [0, 0.05) is 18.3 Å². The number of methoxy groups -OCH3 is 2. The Hall–Kier alpha value is -3.31. The number of rotatable bonds is 11. The molecule has 186 valence electrons. The smallest absolute Gasteiger partial charge is 0.237 e. The molecule has 0 saturated carbocycles. The number of benzene rings is 2. The lowest BCUT2D eigenvalue weighted by Crippen LogP contribution is -2.23. The number of allylic oxidation sites excluding steroid dienone is 1. The van der Waals surface area contributed by atoms with Gasteiger partial charge in [0.2, 0.25) is 5.91 Å². The van der Waals surface area contributed by atoms with Crippen LogP contribution >= 0.6 is 11.8 Å². The molecule has 0 fully saturated rings. The van der Waals surface area contributed by atoms with Gasteiger partial charge in [0.25, 0.3) is 0 Å². The van der Waals surface area contributed by atoms with Crippen molar-refractivity contribution in [3.05, 3.63) is 66.5 Å². The monoisotopic (exact) mass is 516 g/mol. The Morgan fingerprint density at radius 3 is 2.46 bits per heavy atom. The van der Waals surface area contributed by atoms with E-state index in [9.17, 15) is 13.2 Å². The Bertz CT molecular complexity index is 1300. The van der Waals surface area contributed by atoms with E-state index in [1.807, 2.05) is 6.92 Å². The van der Waals surface area contributed by atoms with E-state index in [0.717, 1.165) is 5.56 Å². The zero-order chi connectivity index (χ0) is 25.6. The van der Waals surface area contributed by atoms with Gasteiger partial charge in [-0.05, 0) is 38.1 Å². The van der Waals surface area contributed by atoms with Crippen LogP contribution in [0.15, 0.2) is 65.2 Å². The number of hydrogen-bond acceptors (Lipinski definition) is 8. The van der Waals surface area contributed by atoms with E-state index in [0.29, 0.717) is 28.9 Å². The molecule has 3 aromatic rings. The van der Waals surface area contributed by atoms with Gasteiger partial charge in [-0.25, -0.2) is 8.42 Å². The van der Waals surface area contributed by atoms with Gasteiger partial charge in [-0.15, -0.1) is 16.8 Å². The highest BCUT2D eigenvalue weighted by atomic mass is 32.2. The number of sulfone groups is 1. The third-order valence-corrected chi connectivity index (χ3v) is 7.82. The number of ether oxygens (including phenoxy) is 2. The van der Waals surface area contributed by atoms with Crippen molar-refractivity contribution in [2.24, 2.45) is 0 Å². The lowest BCUT2D eigenvalue weighted by Gasteiger charge is -2.14. The summed E-state index contributed by atoms with van der Waals surface area (Å²) in [6.45, 7) is 7.67. The number of carbonyl (C=O) groups is 1. The molecule has 1 atom stereocenters. The molecule has 0 radical (unpaired) electrons. The van der Waals surface area contributed by atoms with Crippen molar-refractivity contribution >= 4 is 33.2 Å². The van der Waals surface area contributed by atoms with Crippen molar-refractivity contribution in [2.75, 3.05) is 19.5 Å². The predicted octanol–water partition coefficient (Wildman–Crippen LogP) is 3.88. The van der Waals surface area contributed by atoms with Crippen LogP contribution in [0, 0.1) is 6.92 Å². The number of hydrogen-bond donors (Lipinski definition) is 1. The number of thioether (sulfide) groups is 1. The summed E-state index contributed by atoms with van der Waals surface area (Å²) >= 11 is 1.18. The fourth-order valence-corrected chi connectivity index (χ4v) is 5.34. The highest BCUT2D eigenvalue weighted by molar-refractivity contribution is 8.00. The summed E-state index contributed by atoms with van der Waals surface area (Å²) in [7, 11) is -0.569. The summed E-state index contributed by atoms with van der Waals surface area (Å²) in [5.41, 5.74) is 1.52. The van der Waals surface area contributed by atoms with Crippen LogP contribution in [-0.4, -0.2) is 48.6 Å². The van der Waals surface area contributed by atoms with Crippen molar-refractivity contribution in [1.29, 1.82) is 0 Å². The Balaban J connectivity index is 1.76. The standard InChI is InChI=1S/C24H28N4O5S2/c1-6-13-28-22(15-35(30,31)19-10-7-16(2)8-11-19)26-27-24(28)34-17(3)23(29)25-18-9-12-20(32-4)21(14-18)33-5/h6-12,14,17H,1,13,15H2,2-5H3,(H,25,29). The molecule has 1 N–H and O–H groups in total. The van der Waals surface area contributed by atoms with Gasteiger partial charge in [0.1, 0.15) is 11.6 Å². The third kappa shape index (κ3) is 6.43. The largest absolute Gasteiger partial charge is 0.493 e. The molecule has 0 aliphatic heterocycles. The average molecular weight is 517 g/mol. The molecule has 1 aromatic heterocycles. The number of anilines is 1. The van der Waals surface area contributed by atoms with Crippen molar-refractivity contribution in [1.82, 2.24) is 14.8 Å². The highest BCUT2D eigenvalue weighted by Gasteiger charge is 2.24. The van der Waals surface area contributed by atoms with Crippen LogP contribution in [0.1, 0.15) is 18.3 Å². The Kier molecular flexibility index (Phi) is 8.57. The number of nitrogens with one attached hydrogen (secondary N) is 1. The maximum atomic E-state index is 12.9. The minimum atomic E-state index is -3.62. The van der Waals surface area contributed by atoms with Crippen LogP contribution in [0.2, 0.25) is 0 Å². The van der Waals surface area contributed by atoms with Gasteiger partial charge in [0.05, 0.1) is 24.4 Å². The maximum absolute atomic E-state index is 12.9. The molecular weight excluding hydrogens is 488 g/mol. The summed E-state index contributed by atoms with van der Waals surface area (Å²) in [5, 5.41) is 11.0. The summed E-state index contributed by atoms with van der Waals surface area (Å²) < 4.78 is 38.0. The minimum absolute atomic E-state index is 0.216. The topological polar surface area (TPSA) is 112 Å². The Morgan fingerprint density at radius 1 is 1.14 bits per heavy atom. The molecule has 0 bridgehead atoms. The first-order chi connectivity index (χ1) is 16.7. The first-order valence-corrected chi connectivity index (χ1v) is 13.2. The van der Waals surface area contributed by atoms with E-state index < -0.39 is 15.1 Å². The van der Waals surface area contributed by atoms with E-state index in [2.05, 4.69) is 22.1 Å². The molecule has 0 aliphatic carbocycles. The Morgan fingerprint density at radius 2 is 1.83 bits per heavy atom. The fourth-order valence-electron chi connectivity index (χ4n) is 3.19. The first-order valence-electron chi connectivity index (χ1n) is 10.7. The summed E-state index contributed by atoms with van der Waals surface area (Å²) in [6.07, 6.45) is 1.63. The van der Waals surface area contributed by atoms with E-state index >= 15 is 0 Å². The normalized spacial score (nSPS) is 12.1. The summed E-state index contributed by atoms with van der Waals surface area (Å²) in [5.74, 6) is 0.753. The molecule has 1 amide bonds. The minimum Gasteiger partial charge on any atom is -0.493 e. The van der Waals surface area contributed by atoms with Crippen LogP contribution in [0.3, 0.4) is 0 Å². The van der Waals surface area contributed by atoms with Gasteiger partial charge in [-0.2, -0.15) is 0 Å². The van der Waals surface area contributed by atoms with Crippen LogP contribution in [-0.2, 0) is 26.9 Å². The molecule has 3 rings (SSSR count). The van der Waals surface area contributed by atoms with Crippen molar-refractivity contribution in [2.45, 2.75) is 41.4 Å². The van der Waals surface area contributed by atoms with E-state index in [1.165, 1.54) is 26.0 Å². The molecule has 1 heterocycles. The van der Waals surface area contributed by atoms with Gasteiger partial charge in [0.15, 0.2) is 26.5 Å². The molecule has 9 nitrogen and oxygen atoms in total. The summed E-state index contributed by atoms with van der Waals surface area (Å²) in [6, 6.07) is 11.7. The molecule has 0 aliphatic rings. The van der Waals surface area contributed by atoms with Gasteiger partial charge < -0.3 is 19.4 Å². The fraction of sp³-hybridized carbons (Fsp3) is 0.292. The zero-order valence-electron chi connectivity index (χ0n) is 20.0. The van der Waals surface area contributed by atoms with Crippen LogP contribution < -0.4 is 14.8 Å². The van der Waals surface area contributed by atoms with Gasteiger partial charge >= 0.3 is 0 Å². The zero-order valence-corrected chi connectivity index (χ0v) is 21.6. The average Bonchev–Trinajstić information content (AvgIpc) is 3.19. The number of carbonyl (C=O) groups excluding carboxylic acids is 1. The first kappa shape index (κ1) is 26.3. The number of nitrogens with zero attached hydrogens (tertiary/aromatic N) is 3. The van der Waals surface area contributed by atoms with Crippen LogP contribution in [0.4, 0.5) is 5.69 Å². The molecule has 0 spiro atoms. The predicted molar refractivity (Wildman–Crippen MR) is 136 cm³/mol. The van der Waals surface area contributed by atoms with Gasteiger partial charge in [-0.1, -0.05) is 35.5 Å². The van der Waals surface area contributed by atoms with Crippen LogP contribution in [0.25, 0.3) is 0 Å². The molecule has 0 saturated heterocycles. The van der Waals surface area contributed by atoms with Crippen molar-refractivity contribution < 1.29 is 22.7 Å². The molecule has 1 unspecified atom stereocenters. The number of aromatic nitrogens is 3. The van der Waals surface area contributed by atoms with Crippen LogP contribution in [0.5, 0.6) is 11.5 Å².